The van der Waals surface area contributed by atoms with Gasteiger partial charge >= 0.3 is 0 Å². The van der Waals surface area contributed by atoms with Gasteiger partial charge in [0.05, 0.1) is 0 Å². The van der Waals surface area contributed by atoms with E-state index in [1.807, 2.05) is 0 Å². The van der Waals surface area contributed by atoms with Gasteiger partial charge in [-0.2, -0.15) is 0 Å². The third-order valence-corrected chi connectivity index (χ3v) is 3.14. The van der Waals surface area contributed by atoms with Gasteiger partial charge < -0.3 is 0 Å². The first-order chi connectivity index (χ1) is 8.54. The normalized spacial score (nSPS) is 10.9. The van der Waals surface area contributed by atoms with E-state index in [-0.39, 0.29) is 5.41 Å². The molecule has 1 aromatic rings. The van der Waals surface area contributed by atoms with Crippen molar-refractivity contribution in [1.29, 1.82) is 0 Å². The Morgan fingerprint density at radius 1 is 0.944 bits per heavy atom. The summed E-state index contributed by atoms with van der Waals surface area (Å²) < 4.78 is 0. The highest BCUT2D eigenvalue weighted by Gasteiger charge is 2.12. The zero-order valence-corrected chi connectivity index (χ0v) is 12.3. The average molecular weight is 242 g/mol. The Bertz CT molecular complexity index is 392. The topological polar surface area (TPSA) is 0 Å². The Hall–Kier alpha value is -1.22. The first kappa shape index (κ1) is 14.8. The summed E-state index contributed by atoms with van der Waals surface area (Å²) in [6, 6.07) is 8.67. The van der Waals surface area contributed by atoms with Crippen LogP contribution in [0.4, 0.5) is 0 Å². The second kappa shape index (κ2) is 7.27. The highest BCUT2D eigenvalue weighted by Crippen LogP contribution is 2.21. The Morgan fingerprint density at radius 2 is 1.61 bits per heavy atom. The van der Waals surface area contributed by atoms with Gasteiger partial charge in [-0.3, -0.25) is 0 Å². The maximum atomic E-state index is 3.27. The summed E-state index contributed by atoms with van der Waals surface area (Å²) in [6.07, 6.45) is 6.21. The lowest BCUT2D eigenvalue weighted by Gasteiger charge is -2.18. The van der Waals surface area contributed by atoms with E-state index in [0.717, 1.165) is 12.0 Å². The Morgan fingerprint density at radius 3 is 2.17 bits per heavy atom. The summed E-state index contributed by atoms with van der Waals surface area (Å²) in [5.74, 6) is 6.52. The predicted molar refractivity (Wildman–Crippen MR) is 80.8 cm³/mol. The van der Waals surface area contributed by atoms with E-state index in [2.05, 4.69) is 63.8 Å². The smallest absolute Gasteiger partial charge is 0.0245 e. The molecule has 0 aliphatic heterocycles. The monoisotopic (exact) mass is 242 g/mol. The molecule has 0 fully saturated rings. The van der Waals surface area contributed by atoms with E-state index in [0.29, 0.717) is 0 Å². The van der Waals surface area contributed by atoms with Crippen LogP contribution in [0.3, 0.4) is 0 Å². The number of rotatable bonds is 4. The van der Waals surface area contributed by atoms with Crippen LogP contribution in [0.15, 0.2) is 24.3 Å². The molecular formula is C18H26. The number of hydrogen-bond donors (Lipinski definition) is 0. The Kier molecular flexibility index (Phi) is 5.99. The second-order valence-corrected chi connectivity index (χ2v) is 5.94. The van der Waals surface area contributed by atoms with Crippen molar-refractivity contribution in [2.75, 3.05) is 0 Å². The van der Waals surface area contributed by atoms with Gasteiger partial charge in [-0.1, -0.05) is 70.9 Å². The van der Waals surface area contributed by atoms with Gasteiger partial charge in [-0.05, 0) is 29.5 Å². The van der Waals surface area contributed by atoms with E-state index >= 15 is 0 Å². The molecule has 0 unspecified atom stereocenters. The van der Waals surface area contributed by atoms with E-state index in [1.54, 1.807) is 0 Å². The van der Waals surface area contributed by atoms with Gasteiger partial charge in [0.25, 0.3) is 0 Å². The van der Waals surface area contributed by atoms with Gasteiger partial charge in [0, 0.05) is 12.0 Å². The van der Waals surface area contributed by atoms with E-state index in [1.165, 1.54) is 31.2 Å². The molecule has 0 nitrogen and oxygen atoms in total. The van der Waals surface area contributed by atoms with Crippen molar-refractivity contribution in [3.8, 4) is 11.8 Å². The summed E-state index contributed by atoms with van der Waals surface area (Å²) >= 11 is 0. The standard InChI is InChI=1S/C18H26/c1-5-6-7-8-9-10-11-16-12-14-17(15-13-16)18(2,3)4/h12-15H,5-9H2,1-4H3. The molecule has 0 amide bonds. The molecule has 0 aliphatic rings. The van der Waals surface area contributed by atoms with Crippen molar-refractivity contribution in [3.05, 3.63) is 35.4 Å². The molecule has 0 saturated heterocycles. The minimum atomic E-state index is 0.228. The fourth-order valence-electron chi connectivity index (χ4n) is 1.86. The zero-order chi connectivity index (χ0) is 13.4. The maximum absolute atomic E-state index is 3.27. The van der Waals surface area contributed by atoms with Crippen molar-refractivity contribution >= 4 is 0 Å². The van der Waals surface area contributed by atoms with Crippen molar-refractivity contribution in [2.45, 2.75) is 65.2 Å². The molecule has 0 bridgehead atoms. The highest BCUT2D eigenvalue weighted by molar-refractivity contribution is 5.37. The molecular weight excluding hydrogens is 216 g/mol. The lowest BCUT2D eigenvalue weighted by molar-refractivity contribution is 0.590. The van der Waals surface area contributed by atoms with Crippen LogP contribution >= 0.6 is 0 Å². The molecule has 0 heterocycles. The number of unbranched alkanes of at least 4 members (excludes halogenated alkanes) is 4. The molecule has 0 saturated carbocycles. The molecule has 0 heteroatoms. The van der Waals surface area contributed by atoms with Crippen LogP contribution in [0.5, 0.6) is 0 Å². The Labute approximate surface area is 113 Å². The van der Waals surface area contributed by atoms with Gasteiger partial charge in [0.15, 0.2) is 0 Å². The second-order valence-electron chi connectivity index (χ2n) is 5.94. The largest absolute Gasteiger partial charge is 0.0979 e. The average Bonchev–Trinajstić information content (AvgIpc) is 2.33. The van der Waals surface area contributed by atoms with Crippen LogP contribution in [0.25, 0.3) is 0 Å². The lowest BCUT2D eigenvalue weighted by Crippen LogP contribution is -2.10. The highest BCUT2D eigenvalue weighted by atomic mass is 14.2. The quantitative estimate of drug-likeness (QED) is 0.496. The zero-order valence-electron chi connectivity index (χ0n) is 12.3. The molecule has 0 N–H and O–H groups in total. The summed E-state index contributed by atoms with van der Waals surface area (Å²) in [6.45, 7) is 8.95. The molecule has 98 valence electrons. The SMILES string of the molecule is CCCCCCC#Cc1ccc(C(C)(C)C)cc1. The van der Waals surface area contributed by atoms with Crippen molar-refractivity contribution < 1.29 is 0 Å². The van der Waals surface area contributed by atoms with Crippen molar-refractivity contribution in [1.82, 2.24) is 0 Å². The molecule has 0 aliphatic carbocycles. The summed E-state index contributed by atoms with van der Waals surface area (Å²) in [7, 11) is 0. The third kappa shape index (κ3) is 5.41. The van der Waals surface area contributed by atoms with Crippen LogP contribution in [0.2, 0.25) is 0 Å². The molecule has 0 aromatic heterocycles. The Balaban J connectivity index is 2.47. The van der Waals surface area contributed by atoms with Crippen LogP contribution in [0.1, 0.15) is 70.9 Å². The number of benzene rings is 1. The van der Waals surface area contributed by atoms with Crippen LogP contribution in [-0.2, 0) is 5.41 Å². The molecule has 0 radical (unpaired) electrons. The predicted octanol–water partition coefficient (Wildman–Crippen LogP) is 5.31. The molecule has 18 heavy (non-hydrogen) atoms. The number of hydrogen-bond acceptors (Lipinski definition) is 0. The fourth-order valence-corrected chi connectivity index (χ4v) is 1.86. The fraction of sp³-hybridized carbons (Fsp3) is 0.556. The van der Waals surface area contributed by atoms with Crippen LogP contribution < -0.4 is 0 Å². The summed E-state index contributed by atoms with van der Waals surface area (Å²) in [5.41, 5.74) is 2.74. The van der Waals surface area contributed by atoms with Crippen LogP contribution in [0, 0.1) is 11.8 Å². The first-order valence-electron chi connectivity index (χ1n) is 7.13. The van der Waals surface area contributed by atoms with E-state index in [9.17, 15) is 0 Å². The van der Waals surface area contributed by atoms with Gasteiger partial charge in [-0.15, -0.1) is 0 Å². The van der Waals surface area contributed by atoms with Crippen molar-refractivity contribution in [3.63, 3.8) is 0 Å². The third-order valence-electron chi connectivity index (χ3n) is 3.14. The van der Waals surface area contributed by atoms with E-state index < -0.39 is 0 Å². The van der Waals surface area contributed by atoms with Gasteiger partial charge in [-0.25, -0.2) is 0 Å². The summed E-state index contributed by atoms with van der Waals surface area (Å²) in [5, 5.41) is 0. The molecule has 1 aromatic carbocycles. The lowest BCUT2D eigenvalue weighted by atomic mass is 9.87. The molecule has 1 rings (SSSR count). The first-order valence-corrected chi connectivity index (χ1v) is 7.13. The van der Waals surface area contributed by atoms with Gasteiger partial charge in [0.2, 0.25) is 0 Å². The maximum Gasteiger partial charge on any atom is 0.0245 e. The molecule has 0 atom stereocenters. The van der Waals surface area contributed by atoms with E-state index in [4.69, 9.17) is 0 Å². The van der Waals surface area contributed by atoms with Crippen LogP contribution in [-0.4, -0.2) is 0 Å². The summed E-state index contributed by atoms with van der Waals surface area (Å²) in [4.78, 5) is 0. The molecule has 0 spiro atoms. The van der Waals surface area contributed by atoms with Crippen molar-refractivity contribution in [2.24, 2.45) is 0 Å². The minimum Gasteiger partial charge on any atom is -0.0979 e. The minimum absolute atomic E-state index is 0.228. The van der Waals surface area contributed by atoms with Gasteiger partial charge in [0.1, 0.15) is 0 Å².